The van der Waals surface area contributed by atoms with E-state index >= 15 is 0 Å². The standard InChI is InChI=1S/C13H9N5O3S/c19-13-15-10-5-6-22-11(10)12(16-13)17-14-7-8-1-3-9(4-2-8)18(20)21/h1-7H,(H2,15,16,17,19)/b14-7+. The average molecular weight is 315 g/mol. The molecule has 0 fully saturated rings. The Balaban J connectivity index is 1.80. The van der Waals surface area contributed by atoms with E-state index in [1.54, 1.807) is 18.2 Å². The largest absolute Gasteiger partial charge is 0.347 e. The topological polar surface area (TPSA) is 113 Å². The number of fused-ring (bicyclic) bond motifs is 1. The van der Waals surface area contributed by atoms with E-state index in [2.05, 4.69) is 20.5 Å². The van der Waals surface area contributed by atoms with Gasteiger partial charge in [0.2, 0.25) is 0 Å². The maximum Gasteiger partial charge on any atom is 0.347 e. The second kappa shape index (κ2) is 5.74. The third kappa shape index (κ3) is 2.83. The molecule has 2 N–H and O–H groups in total. The summed E-state index contributed by atoms with van der Waals surface area (Å²) in [7, 11) is 0. The molecular formula is C13H9N5O3S. The number of aromatic nitrogens is 2. The maximum absolute atomic E-state index is 11.4. The number of aromatic amines is 1. The van der Waals surface area contributed by atoms with Gasteiger partial charge in [0.15, 0.2) is 5.82 Å². The summed E-state index contributed by atoms with van der Waals surface area (Å²) in [6.07, 6.45) is 1.49. The quantitative estimate of drug-likeness (QED) is 0.436. The van der Waals surface area contributed by atoms with Crippen LogP contribution in [0.4, 0.5) is 11.5 Å². The number of hydrogen-bond donors (Lipinski definition) is 2. The zero-order chi connectivity index (χ0) is 15.5. The zero-order valence-corrected chi connectivity index (χ0v) is 11.8. The molecule has 22 heavy (non-hydrogen) atoms. The number of rotatable bonds is 4. The van der Waals surface area contributed by atoms with E-state index in [1.165, 1.54) is 29.7 Å². The van der Waals surface area contributed by atoms with Gasteiger partial charge in [-0.05, 0) is 29.1 Å². The van der Waals surface area contributed by atoms with E-state index in [-0.39, 0.29) is 5.69 Å². The van der Waals surface area contributed by atoms with Crippen LogP contribution >= 0.6 is 11.3 Å². The van der Waals surface area contributed by atoms with Crippen molar-refractivity contribution in [2.24, 2.45) is 5.10 Å². The molecule has 0 aliphatic rings. The molecule has 0 aliphatic carbocycles. The van der Waals surface area contributed by atoms with Gasteiger partial charge in [-0.25, -0.2) is 4.79 Å². The van der Waals surface area contributed by atoms with Crippen molar-refractivity contribution in [3.05, 3.63) is 61.9 Å². The zero-order valence-electron chi connectivity index (χ0n) is 11.0. The number of benzene rings is 1. The van der Waals surface area contributed by atoms with Crippen molar-refractivity contribution in [2.45, 2.75) is 0 Å². The molecule has 0 saturated carbocycles. The summed E-state index contributed by atoms with van der Waals surface area (Å²) in [6.45, 7) is 0. The SMILES string of the molecule is O=c1nc(N/N=C/c2ccc([N+](=O)[O-])cc2)c2sccc2[nH]1. The first kappa shape index (κ1) is 13.9. The molecule has 9 heteroatoms. The number of H-pyrrole nitrogens is 1. The summed E-state index contributed by atoms with van der Waals surface area (Å²) in [5.41, 5.74) is 3.65. The Hall–Kier alpha value is -3.07. The van der Waals surface area contributed by atoms with Gasteiger partial charge in [-0.3, -0.25) is 15.5 Å². The number of anilines is 1. The predicted molar refractivity (Wildman–Crippen MR) is 84.6 cm³/mol. The normalized spacial score (nSPS) is 11.1. The van der Waals surface area contributed by atoms with Gasteiger partial charge >= 0.3 is 5.69 Å². The molecule has 110 valence electrons. The Labute approximate surface area is 127 Å². The minimum Gasteiger partial charge on any atom is -0.304 e. The number of nitro groups is 1. The van der Waals surface area contributed by atoms with E-state index in [4.69, 9.17) is 0 Å². The Kier molecular flexibility index (Phi) is 3.62. The van der Waals surface area contributed by atoms with Crippen LogP contribution in [-0.2, 0) is 0 Å². The summed E-state index contributed by atoms with van der Waals surface area (Å²) >= 11 is 1.43. The number of nitrogens with zero attached hydrogens (tertiary/aromatic N) is 3. The molecule has 0 aliphatic heterocycles. The van der Waals surface area contributed by atoms with Crippen molar-refractivity contribution >= 4 is 39.3 Å². The second-order valence-corrected chi connectivity index (χ2v) is 5.19. The summed E-state index contributed by atoms with van der Waals surface area (Å²) < 4.78 is 0.792. The highest BCUT2D eigenvalue weighted by molar-refractivity contribution is 7.17. The van der Waals surface area contributed by atoms with E-state index in [0.29, 0.717) is 16.9 Å². The maximum atomic E-state index is 11.4. The molecule has 0 atom stereocenters. The summed E-state index contributed by atoms with van der Waals surface area (Å²) in [4.78, 5) is 28.0. The van der Waals surface area contributed by atoms with Crippen molar-refractivity contribution in [3.8, 4) is 0 Å². The lowest BCUT2D eigenvalue weighted by molar-refractivity contribution is -0.384. The molecule has 0 amide bonds. The molecule has 2 heterocycles. The predicted octanol–water partition coefficient (Wildman–Crippen LogP) is 2.34. The fourth-order valence-electron chi connectivity index (χ4n) is 1.81. The van der Waals surface area contributed by atoms with Crippen molar-refractivity contribution in [3.63, 3.8) is 0 Å². The van der Waals surface area contributed by atoms with Gasteiger partial charge in [0.05, 0.1) is 21.4 Å². The van der Waals surface area contributed by atoms with Gasteiger partial charge in [-0.15, -0.1) is 11.3 Å². The number of nitro benzene ring substituents is 1. The van der Waals surface area contributed by atoms with Gasteiger partial charge < -0.3 is 4.98 Å². The molecule has 0 spiro atoms. The van der Waals surface area contributed by atoms with Crippen LogP contribution in [0.1, 0.15) is 5.56 Å². The van der Waals surface area contributed by atoms with Crippen LogP contribution in [0.15, 0.2) is 45.6 Å². The van der Waals surface area contributed by atoms with Crippen molar-refractivity contribution in [1.82, 2.24) is 9.97 Å². The molecule has 2 aromatic heterocycles. The lowest BCUT2D eigenvalue weighted by Gasteiger charge is -2.00. The van der Waals surface area contributed by atoms with Gasteiger partial charge in [0.1, 0.15) is 0 Å². The summed E-state index contributed by atoms with van der Waals surface area (Å²) in [6, 6.07) is 7.73. The van der Waals surface area contributed by atoms with E-state index in [1.807, 2.05) is 5.38 Å². The average Bonchev–Trinajstić information content (AvgIpc) is 2.96. The first-order chi connectivity index (χ1) is 10.6. The molecule has 0 bridgehead atoms. The minimum atomic E-state index is -0.465. The minimum absolute atomic E-state index is 0.0154. The third-order valence-electron chi connectivity index (χ3n) is 2.82. The first-order valence-electron chi connectivity index (χ1n) is 6.14. The van der Waals surface area contributed by atoms with Crippen molar-refractivity contribution < 1.29 is 4.92 Å². The van der Waals surface area contributed by atoms with Crippen LogP contribution in [0.25, 0.3) is 10.2 Å². The number of hydrazone groups is 1. The molecule has 1 aromatic carbocycles. The second-order valence-electron chi connectivity index (χ2n) is 4.27. The number of thiophene rings is 1. The van der Waals surface area contributed by atoms with Crippen LogP contribution in [0.5, 0.6) is 0 Å². The fourth-order valence-corrected chi connectivity index (χ4v) is 2.60. The van der Waals surface area contributed by atoms with Crippen molar-refractivity contribution in [1.29, 1.82) is 0 Å². The Morgan fingerprint density at radius 2 is 2.09 bits per heavy atom. The summed E-state index contributed by atoms with van der Waals surface area (Å²) in [5, 5.41) is 16.4. The van der Waals surface area contributed by atoms with Crippen LogP contribution in [0.3, 0.4) is 0 Å². The summed E-state index contributed by atoms with van der Waals surface area (Å²) in [5.74, 6) is 0.368. The Morgan fingerprint density at radius 3 is 2.82 bits per heavy atom. The molecule has 0 unspecified atom stereocenters. The van der Waals surface area contributed by atoms with Crippen LogP contribution in [0.2, 0.25) is 0 Å². The highest BCUT2D eigenvalue weighted by Crippen LogP contribution is 2.23. The van der Waals surface area contributed by atoms with E-state index in [9.17, 15) is 14.9 Å². The fraction of sp³-hybridized carbons (Fsp3) is 0. The molecule has 3 aromatic rings. The smallest absolute Gasteiger partial charge is 0.304 e. The Morgan fingerprint density at radius 1 is 1.32 bits per heavy atom. The highest BCUT2D eigenvalue weighted by Gasteiger charge is 2.05. The number of hydrogen-bond acceptors (Lipinski definition) is 7. The highest BCUT2D eigenvalue weighted by atomic mass is 32.1. The molecule has 8 nitrogen and oxygen atoms in total. The molecule has 3 rings (SSSR count). The van der Waals surface area contributed by atoms with Gasteiger partial charge in [0.25, 0.3) is 5.69 Å². The third-order valence-corrected chi connectivity index (χ3v) is 3.74. The van der Waals surface area contributed by atoms with Crippen molar-refractivity contribution in [2.75, 3.05) is 5.43 Å². The molecule has 0 saturated heterocycles. The monoisotopic (exact) mass is 315 g/mol. The van der Waals surface area contributed by atoms with Crippen LogP contribution in [0, 0.1) is 10.1 Å². The van der Waals surface area contributed by atoms with E-state index in [0.717, 1.165) is 4.70 Å². The lowest BCUT2D eigenvalue weighted by Crippen LogP contribution is -2.11. The van der Waals surface area contributed by atoms with Crippen LogP contribution in [-0.4, -0.2) is 21.1 Å². The lowest BCUT2D eigenvalue weighted by atomic mass is 10.2. The molecule has 0 radical (unpaired) electrons. The first-order valence-corrected chi connectivity index (χ1v) is 7.02. The Bertz CT molecular complexity index is 913. The van der Waals surface area contributed by atoms with E-state index < -0.39 is 10.6 Å². The van der Waals surface area contributed by atoms with Gasteiger partial charge in [-0.1, -0.05) is 0 Å². The number of nitrogens with one attached hydrogen (secondary N) is 2. The van der Waals surface area contributed by atoms with Gasteiger partial charge in [-0.2, -0.15) is 10.1 Å². The van der Waals surface area contributed by atoms with Crippen LogP contribution < -0.4 is 11.1 Å². The molecular weight excluding hydrogens is 306 g/mol. The van der Waals surface area contributed by atoms with Gasteiger partial charge in [0, 0.05) is 12.1 Å². The number of non-ortho nitro benzene ring substituents is 1.